The molecule has 118 valence electrons. The highest BCUT2D eigenvalue weighted by Gasteiger charge is 2.07. The fourth-order valence-electron chi connectivity index (χ4n) is 2.43. The Kier molecular flexibility index (Phi) is 6.49. The monoisotopic (exact) mass is 299 g/mol. The van der Waals surface area contributed by atoms with Crippen LogP contribution in [0.1, 0.15) is 24.5 Å². The number of hydrogen-bond donors (Lipinski definition) is 0. The van der Waals surface area contributed by atoms with Gasteiger partial charge in [0.25, 0.3) is 0 Å². The lowest BCUT2D eigenvalue weighted by Crippen LogP contribution is -2.27. The molecule has 0 unspecified atom stereocenters. The molecule has 4 nitrogen and oxygen atoms in total. The zero-order valence-electron chi connectivity index (χ0n) is 13.7. The number of methoxy groups -OCH3 is 1. The van der Waals surface area contributed by atoms with Crippen molar-refractivity contribution in [1.82, 2.24) is 14.9 Å². The van der Waals surface area contributed by atoms with Crippen LogP contribution in [0.25, 0.3) is 11.4 Å². The van der Waals surface area contributed by atoms with Gasteiger partial charge < -0.3 is 4.74 Å². The summed E-state index contributed by atoms with van der Waals surface area (Å²) in [4.78, 5) is 11.4. The number of aromatic nitrogens is 2. The third-order valence-corrected chi connectivity index (χ3v) is 3.54. The molecule has 0 bridgehead atoms. The quantitative estimate of drug-likeness (QED) is 0.749. The summed E-state index contributed by atoms with van der Waals surface area (Å²) in [5.41, 5.74) is 3.43. The van der Waals surface area contributed by atoms with Gasteiger partial charge in [-0.05, 0) is 26.0 Å². The normalized spacial score (nSPS) is 11.1. The fraction of sp³-hybridized carbons (Fsp3) is 0.444. The van der Waals surface area contributed by atoms with Crippen LogP contribution in [0.15, 0.2) is 36.7 Å². The molecule has 0 aliphatic heterocycles. The lowest BCUT2D eigenvalue weighted by Gasteiger charge is -2.20. The van der Waals surface area contributed by atoms with Gasteiger partial charge in [0.05, 0.1) is 6.61 Å². The Morgan fingerprint density at radius 1 is 1.14 bits per heavy atom. The van der Waals surface area contributed by atoms with E-state index in [0.29, 0.717) is 0 Å². The number of rotatable bonds is 8. The highest BCUT2D eigenvalue weighted by Crippen LogP contribution is 2.16. The van der Waals surface area contributed by atoms with E-state index in [1.165, 1.54) is 5.56 Å². The fourth-order valence-corrected chi connectivity index (χ4v) is 2.43. The minimum absolute atomic E-state index is 0.752. The van der Waals surface area contributed by atoms with Gasteiger partial charge in [0.15, 0.2) is 5.82 Å². The lowest BCUT2D eigenvalue weighted by molar-refractivity contribution is 0.144. The molecule has 0 aliphatic rings. The molecule has 0 saturated carbocycles. The molecule has 2 aromatic rings. The van der Waals surface area contributed by atoms with E-state index < -0.39 is 0 Å². The van der Waals surface area contributed by atoms with Gasteiger partial charge in [0, 0.05) is 43.7 Å². The van der Waals surface area contributed by atoms with Crippen LogP contribution in [-0.4, -0.2) is 41.7 Å². The lowest BCUT2D eigenvalue weighted by atomic mass is 10.1. The van der Waals surface area contributed by atoms with Crippen LogP contribution in [-0.2, 0) is 11.3 Å². The van der Waals surface area contributed by atoms with Gasteiger partial charge >= 0.3 is 0 Å². The number of ether oxygens (including phenoxy) is 1. The summed E-state index contributed by atoms with van der Waals surface area (Å²) >= 11 is 0. The van der Waals surface area contributed by atoms with E-state index in [1.807, 2.05) is 24.5 Å². The van der Waals surface area contributed by atoms with E-state index in [9.17, 15) is 0 Å². The Balaban J connectivity index is 2.04. The molecule has 0 N–H and O–H groups in total. The van der Waals surface area contributed by atoms with Crippen molar-refractivity contribution in [3.05, 3.63) is 47.8 Å². The molecule has 2 rings (SSSR count). The molecule has 0 spiro atoms. The average molecular weight is 299 g/mol. The predicted molar refractivity (Wildman–Crippen MR) is 89.6 cm³/mol. The van der Waals surface area contributed by atoms with Crippen LogP contribution in [0, 0.1) is 6.92 Å². The second-order valence-electron chi connectivity index (χ2n) is 5.55. The molecule has 1 aromatic carbocycles. The molecule has 0 aliphatic carbocycles. The summed E-state index contributed by atoms with van der Waals surface area (Å²) < 4.78 is 5.17. The number of aryl methyl sites for hydroxylation is 1. The van der Waals surface area contributed by atoms with E-state index in [-0.39, 0.29) is 0 Å². The highest BCUT2D eigenvalue weighted by atomic mass is 16.5. The van der Waals surface area contributed by atoms with Gasteiger partial charge in [0.1, 0.15) is 0 Å². The second-order valence-corrected chi connectivity index (χ2v) is 5.55. The largest absolute Gasteiger partial charge is 0.383 e. The maximum atomic E-state index is 5.17. The maximum Gasteiger partial charge on any atom is 0.159 e. The first-order chi connectivity index (χ1) is 10.7. The first kappa shape index (κ1) is 16.6. The van der Waals surface area contributed by atoms with Gasteiger partial charge in [-0.1, -0.05) is 30.7 Å². The van der Waals surface area contributed by atoms with Crippen molar-refractivity contribution in [3.63, 3.8) is 0 Å². The van der Waals surface area contributed by atoms with Crippen LogP contribution in [0.2, 0.25) is 0 Å². The van der Waals surface area contributed by atoms with Crippen LogP contribution in [0.5, 0.6) is 0 Å². The summed E-state index contributed by atoms with van der Waals surface area (Å²) in [6.45, 7) is 7.88. The highest BCUT2D eigenvalue weighted by molar-refractivity contribution is 5.55. The third kappa shape index (κ3) is 4.90. The van der Waals surface area contributed by atoms with Gasteiger partial charge in [-0.15, -0.1) is 0 Å². The predicted octanol–water partition coefficient (Wildman–Crippen LogP) is 3.31. The first-order valence-electron chi connectivity index (χ1n) is 7.82. The Bertz CT molecular complexity index is 569. The molecule has 0 atom stereocenters. The topological polar surface area (TPSA) is 38.2 Å². The molecular formula is C18H25N3O. The van der Waals surface area contributed by atoms with Crippen LogP contribution < -0.4 is 0 Å². The Hall–Kier alpha value is -1.78. The molecule has 1 heterocycles. The third-order valence-electron chi connectivity index (χ3n) is 3.54. The zero-order valence-corrected chi connectivity index (χ0v) is 13.7. The molecular weight excluding hydrogens is 274 g/mol. The average Bonchev–Trinajstić information content (AvgIpc) is 2.53. The molecule has 0 saturated heterocycles. The number of benzene rings is 1. The van der Waals surface area contributed by atoms with Crippen LogP contribution >= 0.6 is 0 Å². The van der Waals surface area contributed by atoms with E-state index >= 15 is 0 Å². The molecule has 22 heavy (non-hydrogen) atoms. The Morgan fingerprint density at radius 3 is 2.55 bits per heavy atom. The summed E-state index contributed by atoms with van der Waals surface area (Å²) in [6.07, 6.45) is 4.99. The molecule has 0 fully saturated rings. The van der Waals surface area contributed by atoms with E-state index in [0.717, 1.165) is 49.6 Å². The second kappa shape index (κ2) is 8.61. The Labute approximate surface area is 133 Å². The number of hydrogen-bond acceptors (Lipinski definition) is 4. The zero-order chi connectivity index (χ0) is 15.8. The molecule has 0 radical (unpaired) electrons. The van der Waals surface area contributed by atoms with Crippen molar-refractivity contribution in [2.75, 3.05) is 26.8 Å². The van der Waals surface area contributed by atoms with Gasteiger partial charge in [-0.25, -0.2) is 9.97 Å². The van der Waals surface area contributed by atoms with Crippen molar-refractivity contribution in [1.29, 1.82) is 0 Å². The van der Waals surface area contributed by atoms with Crippen molar-refractivity contribution >= 4 is 0 Å². The van der Waals surface area contributed by atoms with E-state index in [2.05, 4.69) is 40.8 Å². The minimum atomic E-state index is 0.752. The van der Waals surface area contributed by atoms with Crippen molar-refractivity contribution < 1.29 is 4.74 Å². The Morgan fingerprint density at radius 2 is 1.91 bits per heavy atom. The molecule has 1 aromatic heterocycles. The maximum absolute atomic E-state index is 5.17. The van der Waals surface area contributed by atoms with Gasteiger partial charge in [-0.2, -0.15) is 0 Å². The van der Waals surface area contributed by atoms with Gasteiger partial charge in [0.2, 0.25) is 0 Å². The van der Waals surface area contributed by atoms with E-state index in [4.69, 9.17) is 4.74 Å². The molecule has 0 amide bonds. The first-order valence-corrected chi connectivity index (χ1v) is 7.82. The van der Waals surface area contributed by atoms with Crippen LogP contribution in [0.4, 0.5) is 0 Å². The minimum Gasteiger partial charge on any atom is -0.383 e. The van der Waals surface area contributed by atoms with Crippen molar-refractivity contribution in [2.45, 2.75) is 26.8 Å². The molecule has 4 heteroatoms. The van der Waals surface area contributed by atoms with E-state index in [1.54, 1.807) is 7.11 Å². The van der Waals surface area contributed by atoms with Crippen molar-refractivity contribution in [2.24, 2.45) is 0 Å². The summed E-state index contributed by atoms with van der Waals surface area (Å²) in [6, 6.07) is 8.27. The standard InChI is InChI=1S/C18H25N3O/c1-4-8-21(9-10-22-3)14-16-12-19-18(20-13-16)17-7-5-6-15(2)11-17/h5-7,11-13H,4,8-10,14H2,1-3H3. The van der Waals surface area contributed by atoms with Crippen LogP contribution in [0.3, 0.4) is 0 Å². The summed E-state index contributed by atoms with van der Waals surface area (Å²) in [5.74, 6) is 0.784. The summed E-state index contributed by atoms with van der Waals surface area (Å²) in [5, 5.41) is 0. The summed E-state index contributed by atoms with van der Waals surface area (Å²) in [7, 11) is 1.74. The number of nitrogens with zero attached hydrogens (tertiary/aromatic N) is 3. The SMILES string of the molecule is CCCN(CCOC)Cc1cnc(-c2cccc(C)c2)nc1. The smallest absolute Gasteiger partial charge is 0.159 e. The van der Waals surface area contributed by atoms with Crippen molar-refractivity contribution in [3.8, 4) is 11.4 Å². The van der Waals surface area contributed by atoms with Gasteiger partial charge in [-0.3, -0.25) is 4.90 Å².